The quantitative estimate of drug-likeness (QED) is 0.720. The number of nitrogens with one attached hydrogen (secondary N) is 1. The van der Waals surface area contributed by atoms with Crippen molar-refractivity contribution in [3.05, 3.63) is 51.2 Å². The topological polar surface area (TPSA) is 66.5 Å². The van der Waals surface area contributed by atoms with Crippen molar-refractivity contribution in [3.63, 3.8) is 0 Å². The fourth-order valence-electron chi connectivity index (χ4n) is 3.19. The Hall–Kier alpha value is -1.62. The zero-order valence-electron chi connectivity index (χ0n) is 15.1. The minimum Gasteiger partial charge on any atom is -0.351 e. The van der Waals surface area contributed by atoms with Gasteiger partial charge in [-0.2, -0.15) is 17.5 Å². The van der Waals surface area contributed by atoms with E-state index in [-0.39, 0.29) is 31.8 Å². The maximum absolute atomic E-state index is 13.2. The summed E-state index contributed by atoms with van der Waals surface area (Å²) in [6.07, 6.45) is -4.29. The van der Waals surface area contributed by atoms with Gasteiger partial charge in [0.2, 0.25) is 15.9 Å². The average molecular weight is 467 g/mol. The van der Waals surface area contributed by atoms with Gasteiger partial charge in [0, 0.05) is 23.9 Å². The van der Waals surface area contributed by atoms with Gasteiger partial charge in [-0.1, -0.05) is 23.7 Å². The number of hydrogen-bond donors (Lipinski definition) is 1. The van der Waals surface area contributed by atoms with Crippen LogP contribution in [0.1, 0.15) is 23.3 Å². The lowest BCUT2D eigenvalue weighted by Gasteiger charge is -2.31. The Morgan fingerprint density at radius 2 is 1.83 bits per heavy atom. The Balaban J connectivity index is 1.63. The number of rotatable bonds is 5. The van der Waals surface area contributed by atoms with E-state index in [9.17, 15) is 26.4 Å². The molecule has 2 heterocycles. The van der Waals surface area contributed by atoms with Crippen LogP contribution < -0.4 is 5.32 Å². The minimum atomic E-state index is -4.77. The number of piperidine rings is 1. The van der Waals surface area contributed by atoms with Crippen molar-refractivity contribution in [2.75, 3.05) is 13.1 Å². The van der Waals surface area contributed by atoms with Gasteiger partial charge in [-0.3, -0.25) is 4.79 Å². The van der Waals surface area contributed by atoms with E-state index in [1.165, 1.54) is 17.4 Å². The highest BCUT2D eigenvalue weighted by Gasteiger charge is 2.40. The van der Waals surface area contributed by atoms with Crippen LogP contribution in [0.3, 0.4) is 0 Å². The number of carbonyl (C=O) groups is 1. The molecule has 1 saturated heterocycles. The molecule has 158 valence electrons. The van der Waals surface area contributed by atoms with E-state index < -0.39 is 32.6 Å². The zero-order chi connectivity index (χ0) is 21.2. The summed E-state index contributed by atoms with van der Waals surface area (Å²) in [5.74, 6) is -0.600. The Labute approximate surface area is 175 Å². The van der Waals surface area contributed by atoms with Crippen molar-refractivity contribution in [3.8, 4) is 0 Å². The summed E-state index contributed by atoms with van der Waals surface area (Å²) in [5, 5.41) is 2.79. The standard InChI is InChI=1S/C18H18ClF3N2O3S2/c19-16-6-5-13(28-16)11-23-17(25)12-7-9-24(10-8-12)29(26,27)15-4-2-1-3-14(15)18(20,21)22/h1-6,12H,7-11H2,(H,23,25). The summed E-state index contributed by atoms with van der Waals surface area (Å²) >= 11 is 7.20. The van der Waals surface area contributed by atoms with E-state index in [0.29, 0.717) is 10.9 Å². The lowest BCUT2D eigenvalue weighted by atomic mass is 9.97. The molecule has 1 aromatic carbocycles. The van der Waals surface area contributed by atoms with Crippen molar-refractivity contribution in [2.45, 2.75) is 30.5 Å². The molecule has 1 amide bonds. The number of amides is 1. The summed E-state index contributed by atoms with van der Waals surface area (Å²) < 4.78 is 66.7. The van der Waals surface area contributed by atoms with E-state index in [1.807, 2.05) is 0 Å². The van der Waals surface area contributed by atoms with Gasteiger partial charge in [0.05, 0.1) is 21.3 Å². The van der Waals surface area contributed by atoms with Crippen molar-refractivity contribution in [2.24, 2.45) is 5.92 Å². The van der Waals surface area contributed by atoms with E-state index in [4.69, 9.17) is 11.6 Å². The molecule has 1 N–H and O–H groups in total. The van der Waals surface area contributed by atoms with Gasteiger partial charge in [0.15, 0.2) is 0 Å². The number of carbonyl (C=O) groups excluding carboxylic acids is 1. The largest absolute Gasteiger partial charge is 0.417 e. The molecule has 0 radical (unpaired) electrons. The lowest BCUT2D eigenvalue weighted by molar-refractivity contribution is -0.139. The van der Waals surface area contributed by atoms with Crippen molar-refractivity contribution in [1.82, 2.24) is 9.62 Å². The Kier molecular flexibility index (Phi) is 6.57. The number of thiophene rings is 1. The predicted octanol–water partition coefficient (Wildman–Crippen LogP) is 4.14. The fourth-order valence-corrected chi connectivity index (χ4v) is 5.90. The molecule has 0 atom stereocenters. The van der Waals surface area contributed by atoms with Crippen molar-refractivity contribution < 1.29 is 26.4 Å². The van der Waals surface area contributed by atoms with Gasteiger partial charge in [0.25, 0.3) is 0 Å². The van der Waals surface area contributed by atoms with Crippen LogP contribution in [0.5, 0.6) is 0 Å². The van der Waals surface area contributed by atoms with Gasteiger partial charge in [-0.05, 0) is 37.1 Å². The molecular weight excluding hydrogens is 449 g/mol. The lowest BCUT2D eigenvalue weighted by Crippen LogP contribution is -2.43. The highest BCUT2D eigenvalue weighted by atomic mass is 35.5. The Bertz CT molecular complexity index is 984. The first kappa shape index (κ1) is 22.1. The first-order chi connectivity index (χ1) is 13.6. The molecule has 0 unspecified atom stereocenters. The van der Waals surface area contributed by atoms with Gasteiger partial charge < -0.3 is 5.32 Å². The van der Waals surface area contributed by atoms with E-state index in [0.717, 1.165) is 27.4 Å². The third kappa shape index (κ3) is 5.11. The first-order valence-electron chi connectivity index (χ1n) is 8.77. The molecule has 5 nitrogen and oxygen atoms in total. The molecule has 29 heavy (non-hydrogen) atoms. The number of halogens is 4. The summed E-state index contributed by atoms with van der Waals surface area (Å²) in [4.78, 5) is 12.5. The highest BCUT2D eigenvalue weighted by molar-refractivity contribution is 7.89. The Morgan fingerprint density at radius 3 is 2.41 bits per heavy atom. The van der Waals surface area contributed by atoms with Crippen LogP contribution in [0.2, 0.25) is 4.34 Å². The molecule has 0 bridgehead atoms. The van der Waals surface area contributed by atoms with Gasteiger partial charge in [-0.25, -0.2) is 8.42 Å². The third-order valence-corrected chi connectivity index (χ3v) is 7.89. The second kappa shape index (κ2) is 8.63. The molecule has 11 heteroatoms. The van der Waals surface area contributed by atoms with Crippen LogP contribution >= 0.6 is 22.9 Å². The van der Waals surface area contributed by atoms with E-state index in [2.05, 4.69) is 5.32 Å². The van der Waals surface area contributed by atoms with Crippen LogP contribution in [-0.2, 0) is 27.5 Å². The third-order valence-electron chi connectivity index (χ3n) is 4.70. The number of benzene rings is 1. The molecule has 2 aromatic rings. The molecule has 0 aliphatic carbocycles. The Morgan fingerprint density at radius 1 is 1.17 bits per heavy atom. The molecule has 0 spiro atoms. The first-order valence-corrected chi connectivity index (χ1v) is 11.4. The van der Waals surface area contributed by atoms with Crippen LogP contribution in [-0.4, -0.2) is 31.7 Å². The zero-order valence-corrected chi connectivity index (χ0v) is 17.5. The summed E-state index contributed by atoms with van der Waals surface area (Å²) in [6, 6.07) is 7.67. The number of sulfonamides is 1. The van der Waals surface area contributed by atoms with Gasteiger partial charge in [-0.15, -0.1) is 11.3 Å². The minimum absolute atomic E-state index is 0.0164. The maximum Gasteiger partial charge on any atom is 0.417 e. The monoisotopic (exact) mass is 466 g/mol. The van der Waals surface area contributed by atoms with Gasteiger partial charge >= 0.3 is 6.18 Å². The van der Waals surface area contributed by atoms with Crippen molar-refractivity contribution >= 4 is 38.9 Å². The normalized spacial score (nSPS) is 16.7. The number of nitrogens with zero attached hydrogens (tertiary/aromatic N) is 1. The SMILES string of the molecule is O=C(NCc1ccc(Cl)s1)C1CCN(S(=O)(=O)c2ccccc2C(F)(F)F)CC1. The van der Waals surface area contributed by atoms with Crippen LogP contribution in [0, 0.1) is 5.92 Å². The summed E-state index contributed by atoms with van der Waals surface area (Å²) in [5.41, 5.74) is -1.19. The van der Waals surface area contributed by atoms with Crippen LogP contribution in [0.15, 0.2) is 41.3 Å². The maximum atomic E-state index is 13.2. The summed E-state index contributed by atoms with van der Waals surface area (Å²) in [6.45, 7) is 0.294. The van der Waals surface area contributed by atoms with Crippen LogP contribution in [0.4, 0.5) is 13.2 Å². The average Bonchev–Trinajstić information content (AvgIpc) is 3.11. The molecule has 3 rings (SSSR count). The van der Waals surface area contributed by atoms with E-state index >= 15 is 0 Å². The molecule has 1 aliphatic rings. The van der Waals surface area contributed by atoms with E-state index in [1.54, 1.807) is 12.1 Å². The molecule has 0 saturated carbocycles. The van der Waals surface area contributed by atoms with Crippen molar-refractivity contribution in [1.29, 1.82) is 0 Å². The fraction of sp³-hybridized carbons (Fsp3) is 0.389. The molecule has 1 aromatic heterocycles. The predicted molar refractivity (Wildman–Crippen MR) is 104 cm³/mol. The molecular formula is C18H18ClF3N2O3S2. The number of hydrogen-bond acceptors (Lipinski definition) is 4. The molecule has 1 aliphatic heterocycles. The summed E-state index contributed by atoms with van der Waals surface area (Å²) in [7, 11) is -4.31. The van der Waals surface area contributed by atoms with Gasteiger partial charge in [0.1, 0.15) is 0 Å². The second-order valence-corrected chi connectivity index (χ2v) is 10.3. The second-order valence-electron chi connectivity index (χ2n) is 6.60. The number of alkyl halides is 3. The highest BCUT2D eigenvalue weighted by Crippen LogP contribution is 2.36. The smallest absolute Gasteiger partial charge is 0.351 e. The van der Waals surface area contributed by atoms with Crippen LogP contribution in [0.25, 0.3) is 0 Å². The molecule has 1 fully saturated rings.